The molecule has 0 amide bonds. The van der Waals surface area contributed by atoms with Crippen molar-refractivity contribution in [2.24, 2.45) is 0 Å². The Morgan fingerprint density at radius 1 is 0.971 bits per heavy atom. The number of benzene rings is 2. The van der Waals surface area contributed by atoms with Crippen molar-refractivity contribution in [2.75, 3.05) is 10.6 Å². The largest absolute Gasteiger partial charge is 0.383 e. The first-order valence-electron chi connectivity index (χ1n) is 11.0. The van der Waals surface area contributed by atoms with Crippen molar-refractivity contribution in [3.63, 3.8) is 0 Å². The minimum absolute atomic E-state index is 0.0732. The first kappa shape index (κ1) is 23.0. The van der Waals surface area contributed by atoms with Crippen LogP contribution < -0.4 is 21.9 Å². The van der Waals surface area contributed by atoms with Gasteiger partial charge in [0.2, 0.25) is 5.89 Å². The van der Waals surface area contributed by atoms with Gasteiger partial charge in [-0.1, -0.05) is 86.6 Å². The number of aromatic nitrogens is 4. The minimum Gasteiger partial charge on any atom is -0.383 e. The first-order valence-corrected chi connectivity index (χ1v) is 11.0. The molecule has 34 heavy (non-hydrogen) atoms. The second kappa shape index (κ2) is 9.38. The predicted molar refractivity (Wildman–Crippen MR) is 131 cm³/mol. The number of nitrogen functional groups attached to an aromatic ring is 1. The predicted octanol–water partition coefficient (Wildman–Crippen LogP) is 3.05. The third kappa shape index (κ3) is 5.09. The highest BCUT2D eigenvalue weighted by molar-refractivity contribution is 5.62. The van der Waals surface area contributed by atoms with Crippen LogP contribution in [-0.4, -0.2) is 19.7 Å². The summed E-state index contributed by atoms with van der Waals surface area (Å²) in [5, 5.41) is 4.09. The third-order valence-corrected chi connectivity index (χ3v) is 5.40. The van der Waals surface area contributed by atoms with Crippen molar-refractivity contribution in [3.8, 4) is 0 Å². The number of nitrogens with one attached hydrogen (secondary N) is 1. The van der Waals surface area contributed by atoms with E-state index in [1.807, 2.05) is 81.4 Å². The Morgan fingerprint density at radius 2 is 1.59 bits per heavy atom. The van der Waals surface area contributed by atoms with Gasteiger partial charge in [0, 0.05) is 12.0 Å². The summed E-state index contributed by atoms with van der Waals surface area (Å²) in [5.41, 5.74) is 7.04. The molecule has 4 aromatic rings. The van der Waals surface area contributed by atoms with Gasteiger partial charge in [0.1, 0.15) is 11.5 Å². The summed E-state index contributed by atoms with van der Waals surface area (Å²) in [4.78, 5) is 34.3. The zero-order valence-corrected chi connectivity index (χ0v) is 19.5. The van der Waals surface area contributed by atoms with Crippen molar-refractivity contribution in [3.05, 3.63) is 104 Å². The van der Waals surface area contributed by atoms with E-state index in [0.29, 0.717) is 18.3 Å². The molecule has 0 aliphatic carbocycles. The molecule has 2 aromatic carbocycles. The highest BCUT2D eigenvalue weighted by Gasteiger charge is 2.25. The second-order valence-corrected chi connectivity index (χ2v) is 9.17. The van der Waals surface area contributed by atoms with Crippen molar-refractivity contribution in [1.82, 2.24) is 19.7 Å². The fourth-order valence-electron chi connectivity index (χ4n) is 3.61. The van der Waals surface area contributed by atoms with Crippen LogP contribution in [0.5, 0.6) is 0 Å². The molecule has 0 fully saturated rings. The van der Waals surface area contributed by atoms with E-state index in [4.69, 9.17) is 10.3 Å². The molecule has 0 aliphatic rings. The Balaban J connectivity index is 1.77. The molecule has 2 aromatic heterocycles. The number of nitrogens with two attached hydrogens (primary N) is 1. The van der Waals surface area contributed by atoms with Gasteiger partial charge < -0.3 is 15.2 Å². The van der Waals surface area contributed by atoms with Gasteiger partial charge in [-0.05, 0) is 11.1 Å². The first-order chi connectivity index (χ1) is 16.2. The smallest absolute Gasteiger partial charge is 0.330 e. The van der Waals surface area contributed by atoms with Crippen molar-refractivity contribution in [2.45, 2.75) is 45.8 Å². The van der Waals surface area contributed by atoms with E-state index in [0.717, 1.165) is 11.1 Å². The molecule has 0 aliphatic heterocycles. The Labute approximate surface area is 196 Å². The number of anilines is 2. The molecule has 0 unspecified atom stereocenters. The van der Waals surface area contributed by atoms with Crippen LogP contribution in [-0.2, 0) is 25.0 Å². The monoisotopic (exact) mass is 460 g/mol. The van der Waals surface area contributed by atoms with Crippen LogP contribution in [0.15, 0.2) is 74.8 Å². The van der Waals surface area contributed by atoms with Crippen molar-refractivity contribution in [1.29, 1.82) is 0 Å². The van der Waals surface area contributed by atoms with Crippen molar-refractivity contribution < 1.29 is 4.52 Å². The Bertz CT molecular complexity index is 1370. The van der Waals surface area contributed by atoms with Crippen LogP contribution in [0.1, 0.15) is 43.6 Å². The molecule has 0 saturated heterocycles. The molecule has 0 spiro atoms. The summed E-state index contributed by atoms with van der Waals surface area (Å²) in [6, 6.07) is 19.1. The topological polar surface area (TPSA) is 123 Å². The summed E-state index contributed by atoms with van der Waals surface area (Å²) < 4.78 is 6.85. The Morgan fingerprint density at radius 3 is 2.18 bits per heavy atom. The lowest BCUT2D eigenvalue weighted by atomic mass is 9.96. The van der Waals surface area contributed by atoms with Crippen molar-refractivity contribution >= 4 is 11.5 Å². The minimum atomic E-state index is -0.571. The van der Waals surface area contributed by atoms with E-state index in [1.165, 1.54) is 4.57 Å². The summed E-state index contributed by atoms with van der Waals surface area (Å²) in [7, 11) is 0. The molecule has 4 rings (SSSR count). The zero-order chi connectivity index (χ0) is 24.3. The Kier molecular flexibility index (Phi) is 6.36. The van der Waals surface area contributed by atoms with E-state index in [1.54, 1.807) is 4.90 Å². The van der Waals surface area contributed by atoms with Gasteiger partial charge in [-0.2, -0.15) is 4.98 Å². The maximum atomic E-state index is 13.0. The van der Waals surface area contributed by atoms with Crippen LogP contribution in [0.4, 0.5) is 11.5 Å². The van der Waals surface area contributed by atoms with Crippen LogP contribution in [0.25, 0.3) is 0 Å². The number of aromatic amines is 1. The van der Waals surface area contributed by atoms with Crippen LogP contribution in [0.2, 0.25) is 0 Å². The molecule has 2 heterocycles. The molecule has 0 radical (unpaired) electrons. The fraction of sp³-hybridized carbons (Fsp3) is 0.280. The summed E-state index contributed by atoms with van der Waals surface area (Å²) >= 11 is 0. The Hall–Kier alpha value is -4.14. The summed E-state index contributed by atoms with van der Waals surface area (Å²) in [6.45, 7) is 6.70. The molecular formula is C25H28N6O3. The highest BCUT2D eigenvalue weighted by atomic mass is 16.5. The lowest BCUT2D eigenvalue weighted by molar-refractivity contribution is 0.361. The number of hydrogen-bond acceptors (Lipinski definition) is 7. The highest BCUT2D eigenvalue weighted by Crippen LogP contribution is 2.24. The quantitative estimate of drug-likeness (QED) is 0.434. The number of H-pyrrole nitrogens is 1. The molecule has 0 saturated carbocycles. The van der Waals surface area contributed by atoms with Gasteiger partial charge >= 0.3 is 5.69 Å². The SMILES string of the molecule is CC(C)(C)c1noc(CN(Cc2ccccc2)c2c(N)n(Cc3ccccc3)c(=O)[nH]c2=O)n1. The average molecular weight is 461 g/mol. The van der Waals surface area contributed by atoms with Crippen LogP contribution in [0.3, 0.4) is 0 Å². The summed E-state index contributed by atoms with van der Waals surface area (Å²) in [5.74, 6) is 0.989. The van der Waals surface area contributed by atoms with Gasteiger partial charge in [0.25, 0.3) is 5.56 Å². The normalized spacial score (nSPS) is 11.5. The average Bonchev–Trinajstić information content (AvgIpc) is 3.27. The standard InChI is InChI=1S/C25H28N6O3/c1-25(2,3)23-27-19(34-29-23)16-30(14-17-10-6-4-7-11-17)20-21(26)31(24(33)28-22(20)32)15-18-12-8-5-9-13-18/h4-13H,14-16,26H2,1-3H3,(H,28,32,33). The molecule has 0 atom stereocenters. The van der Waals surface area contributed by atoms with Gasteiger partial charge in [-0.3, -0.25) is 14.3 Å². The van der Waals surface area contributed by atoms with E-state index < -0.39 is 11.2 Å². The lowest BCUT2D eigenvalue weighted by Gasteiger charge is -2.25. The van der Waals surface area contributed by atoms with E-state index in [2.05, 4.69) is 15.1 Å². The van der Waals surface area contributed by atoms with Crippen LogP contribution >= 0.6 is 0 Å². The van der Waals surface area contributed by atoms with E-state index >= 15 is 0 Å². The number of nitrogens with zero attached hydrogens (tertiary/aromatic N) is 4. The van der Waals surface area contributed by atoms with E-state index in [9.17, 15) is 9.59 Å². The maximum absolute atomic E-state index is 13.0. The molecular weight excluding hydrogens is 432 g/mol. The van der Waals surface area contributed by atoms with Crippen LogP contribution in [0, 0.1) is 0 Å². The third-order valence-electron chi connectivity index (χ3n) is 5.40. The van der Waals surface area contributed by atoms with Gasteiger partial charge in [0.15, 0.2) is 5.82 Å². The zero-order valence-electron chi connectivity index (χ0n) is 19.5. The lowest BCUT2D eigenvalue weighted by Crippen LogP contribution is -2.38. The molecule has 176 valence electrons. The fourth-order valence-corrected chi connectivity index (χ4v) is 3.61. The molecule has 9 heteroatoms. The number of rotatable bonds is 7. The second-order valence-electron chi connectivity index (χ2n) is 9.17. The number of hydrogen-bond donors (Lipinski definition) is 2. The maximum Gasteiger partial charge on any atom is 0.330 e. The van der Waals surface area contributed by atoms with Gasteiger partial charge in [0.05, 0.1) is 13.1 Å². The van der Waals surface area contributed by atoms with Gasteiger partial charge in [-0.25, -0.2) is 4.79 Å². The molecule has 0 bridgehead atoms. The summed E-state index contributed by atoms with van der Waals surface area (Å²) in [6.07, 6.45) is 0. The van der Waals surface area contributed by atoms with Gasteiger partial charge in [-0.15, -0.1) is 0 Å². The molecule has 9 nitrogen and oxygen atoms in total. The van der Waals surface area contributed by atoms with E-state index in [-0.39, 0.29) is 30.0 Å². The molecule has 3 N–H and O–H groups in total.